The van der Waals surface area contributed by atoms with Gasteiger partial charge in [0.15, 0.2) is 5.82 Å². The fraction of sp³-hybridized carbons (Fsp3) is 0.182. The van der Waals surface area contributed by atoms with Crippen LogP contribution in [0.3, 0.4) is 0 Å². The Kier molecular flexibility index (Phi) is 5.36. The number of hydrogen-bond acceptors (Lipinski definition) is 2. The first-order valence-electron chi connectivity index (χ1n) is 9.33. The van der Waals surface area contributed by atoms with Gasteiger partial charge in [-0.3, -0.25) is 9.48 Å². The van der Waals surface area contributed by atoms with Crippen molar-refractivity contribution in [3.8, 4) is 0 Å². The fourth-order valence-electron chi connectivity index (χ4n) is 3.36. The number of hydrogen-bond donors (Lipinski definition) is 2. The molecular weight excluding hydrogens is 391 g/mol. The summed E-state index contributed by atoms with van der Waals surface area (Å²) in [6.07, 6.45) is 2.90. The molecule has 4 rings (SSSR count). The molecule has 0 atom stereocenters. The fourth-order valence-corrected chi connectivity index (χ4v) is 3.58. The molecule has 0 radical (unpaired) electrons. The number of H-pyrrole nitrogens is 1. The second kappa shape index (κ2) is 8.09. The lowest BCUT2D eigenvalue weighted by Gasteiger charge is -2.07. The van der Waals surface area contributed by atoms with Crippen molar-refractivity contribution in [3.05, 3.63) is 82.4 Å². The molecule has 0 aliphatic heterocycles. The molecule has 0 unspecified atom stereocenters. The van der Waals surface area contributed by atoms with Crippen LogP contribution in [0.5, 0.6) is 0 Å². The van der Waals surface area contributed by atoms with E-state index >= 15 is 0 Å². The van der Waals surface area contributed by atoms with Gasteiger partial charge >= 0.3 is 0 Å². The molecule has 2 heterocycles. The van der Waals surface area contributed by atoms with Crippen molar-refractivity contribution >= 4 is 34.2 Å². The van der Waals surface area contributed by atoms with Gasteiger partial charge in [0.1, 0.15) is 5.82 Å². The predicted octanol–water partition coefficient (Wildman–Crippen LogP) is 5.08. The number of rotatable bonds is 6. The van der Waals surface area contributed by atoms with Crippen LogP contribution >= 0.6 is 11.6 Å². The number of benzene rings is 2. The monoisotopic (exact) mass is 410 g/mol. The van der Waals surface area contributed by atoms with E-state index in [0.29, 0.717) is 29.2 Å². The summed E-state index contributed by atoms with van der Waals surface area (Å²) in [5, 5.41) is 8.67. The first-order valence-corrected chi connectivity index (χ1v) is 9.71. The summed E-state index contributed by atoms with van der Waals surface area (Å²) in [6.45, 7) is 2.05. The highest BCUT2D eigenvalue weighted by Gasteiger charge is 2.13. The molecule has 4 aromatic rings. The molecule has 7 heteroatoms. The summed E-state index contributed by atoms with van der Waals surface area (Å²) >= 11 is 6.10. The highest BCUT2D eigenvalue weighted by Crippen LogP contribution is 2.22. The van der Waals surface area contributed by atoms with Crippen molar-refractivity contribution in [3.63, 3.8) is 0 Å². The van der Waals surface area contributed by atoms with E-state index in [-0.39, 0.29) is 18.3 Å². The minimum Gasteiger partial charge on any atom is -0.361 e. The van der Waals surface area contributed by atoms with E-state index in [0.717, 1.165) is 22.2 Å². The molecule has 29 heavy (non-hydrogen) atoms. The van der Waals surface area contributed by atoms with Crippen LogP contribution in [0.1, 0.15) is 23.2 Å². The Morgan fingerprint density at radius 3 is 2.90 bits per heavy atom. The van der Waals surface area contributed by atoms with Gasteiger partial charge < -0.3 is 10.3 Å². The Morgan fingerprint density at radius 2 is 2.07 bits per heavy atom. The van der Waals surface area contributed by atoms with E-state index in [2.05, 4.69) is 15.4 Å². The molecule has 0 fully saturated rings. The number of aromatic nitrogens is 3. The third-order valence-corrected chi connectivity index (χ3v) is 5.27. The van der Waals surface area contributed by atoms with Crippen LogP contribution in [0.2, 0.25) is 5.02 Å². The van der Waals surface area contributed by atoms with E-state index in [1.165, 1.54) is 6.07 Å². The molecule has 2 aromatic heterocycles. The van der Waals surface area contributed by atoms with Crippen LogP contribution in [0.25, 0.3) is 10.9 Å². The quantitative estimate of drug-likeness (QED) is 0.465. The Hall–Kier alpha value is -3.12. The maximum Gasteiger partial charge on any atom is 0.225 e. The van der Waals surface area contributed by atoms with Gasteiger partial charge in [0.25, 0.3) is 0 Å². The van der Waals surface area contributed by atoms with Crippen molar-refractivity contribution in [2.75, 3.05) is 5.32 Å². The van der Waals surface area contributed by atoms with Crippen LogP contribution in [0.4, 0.5) is 10.2 Å². The van der Waals surface area contributed by atoms with Gasteiger partial charge in [-0.25, -0.2) is 4.39 Å². The second-order valence-corrected chi connectivity index (χ2v) is 7.34. The van der Waals surface area contributed by atoms with Gasteiger partial charge in [0, 0.05) is 45.9 Å². The molecular formula is C22H20ClFN4O. The number of aryl methyl sites for hydroxylation is 2. The van der Waals surface area contributed by atoms with E-state index < -0.39 is 0 Å². The summed E-state index contributed by atoms with van der Waals surface area (Å²) in [5.74, 6) is -0.0561. The summed E-state index contributed by atoms with van der Waals surface area (Å²) in [7, 11) is 0. The number of para-hydroxylation sites is 1. The number of carbonyl (C=O) groups is 1. The minimum atomic E-state index is -0.378. The molecule has 0 saturated carbocycles. The van der Waals surface area contributed by atoms with E-state index in [9.17, 15) is 9.18 Å². The summed E-state index contributed by atoms with van der Waals surface area (Å²) in [5.41, 5.74) is 3.34. The average molecular weight is 411 g/mol. The minimum absolute atomic E-state index is 0.121. The van der Waals surface area contributed by atoms with Crippen LogP contribution in [0, 0.1) is 12.7 Å². The lowest BCUT2D eigenvalue weighted by molar-refractivity contribution is -0.116. The Balaban J connectivity index is 1.41. The normalized spacial score (nSPS) is 11.1. The maximum absolute atomic E-state index is 14.0. The highest BCUT2D eigenvalue weighted by atomic mass is 35.5. The molecule has 0 aliphatic carbocycles. The van der Waals surface area contributed by atoms with Gasteiger partial charge in [0.2, 0.25) is 5.91 Å². The molecule has 5 nitrogen and oxygen atoms in total. The summed E-state index contributed by atoms with van der Waals surface area (Å²) in [4.78, 5) is 15.6. The Bertz CT molecular complexity index is 1160. The zero-order valence-electron chi connectivity index (χ0n) is 15.9. The second-order valence-electron chi connectivity index (χ2n) is 6.94. The maximum atomic E-state index is 14.0. The Labute approximate surface area is 172 Å². The molecule has 0 spiro atoms. The van der Waals surface area contributed by atoms with Gasteiger partial charge in [-0.2, -0.15) is 5.10 Å². The zero-order valence-corrected chi connectivity index (χ0v) is 16.6. The third kappa shape index (κ3) is 4.17. The number of aromatic amines is 1. The summed E-state index contributed by atoms with van der Waals surface area (Å²) < 4.78 is 15.7. The molecule has 148 valence electrons. The van der Waals surface area contributed by atoms with Crippen molar-refractivity contribution in [2.24, 2.45) is 0 Å². The van der Waals surface area contributed by atoms with Crippen molar-refractivity contribution < 1.29 is 9.18 Å². The summed E-state index contributed by atoms with van der Waals surface area (Å²) in [6, 6.07) is 14.3. The third-order valence-electron chi connectivity index (χ3n) is 4.91. The van der Waals surface area contributed by atoms with Crippen molar-refractivity contribution in [1.29, 1.82) is 0 Å². The van der Waals surface area contributed by atoms with Gasteiger partial charge in [0.05, 0.1) is 6.54 Å². The predicted molar refractivity (Wildman–Crippen MR) is 113 cm³/mol. The van der Waals surface area contributed by atoms with Gasteiger partial charge in [-0.1, -0.05) is 35.9 Å². The highest BCUT2D eigenvalue weighted by molar-refractivity contribution is 6.31. The molecule has 2 N–H and O–H groups in total. The number of halogens is 2. The SMILES string of the molecule is Cc1cc(NC(=O)CCc2c[nH]c3ccccc23)nn1Cc1c(F)cccc1Cl. The standard InChI is InChI=1S/C22H20ClFN4O/c1-14-11-21(27-28(14)13-17-18(23)6-4-7-19(17)24)26-22(29)10-9-15-12-25-20-8-3-2-5-16(15)20/h2-8,11-12,25H,9-10,13H2,1H3,(H,26,27,29). The molecule has 0 bridgehead atoms. The van der Waals surface area contributed by atoms with E-state index in [1.54, 1.807) is 22.9 Å². The lowest BCUT2D eigenvalue weighted by Crippen LogP contribution is -2.13. The number of carbonyl (C=O) groups excluding carboxylic acids is 1. The molecule has 2 aromatic carbocycles. The van der Waals surface area contributed by atoms with Gasteiger partial charge in [-0.15, -0.1) is 0 Å². The van der Waals surface area contributed by atoms with Crippen LogP contribution in [0.15, 0.2) is 54.7 Å². The molecule has 0 aliphatic rings. The number of nitrogens with zero attached hydrogens (tertiary/aromatic N) is 2. The largest absolute Gasteiger partial charge is 0.361 e. The van der Waals surface area contributed by atoms with Crippen molar-refractivity contribution in [1.82, 2.24) is 14.8 Å². The first-order chi connectivity index (χ1) is 14.0. The number of anilines is 1. The Morgan fingerprint density at radius 1 is 1.24 bits per heavy atom. The van der Waals surface area contributed by atoms with Crippen LogP contribution in [-0.2, 0) is 17.8 Å². The first kappa shape index (κ1) is 19.2. The lowest BCUT2D eigenvalue weighted by atomic mass is 10.1. The molecule has 0 saturated heterocycles. The average Bonchev–Trinajstić information content (AvgIpc) is 3.26. The van der Waals surface area contributed by atoms with Crippen LogP contribution < -0.4 is 5.32 Å². The van der Waals surface area contributed by atoms with Gasteiger partial charge in [-0.05, 0) is 37.1 Å². The van der Waals surface area contributed by atoms with E-state index in [4.69, 9.17) is 11.6 Å². The number of nitrogens with one attached hydrogen (secondary N) is 2. The van der Waals surface area contributed by atoms with Crippen LogP contribution in [-0.4, -0.2) is 20.7 Å². The zero-order chi connectivity index (χ0) is 20.4. The number of amides is 1. The topological polar surface area (TPSA) is 62.7 Å². The smallest absolute Gasteiger partial charge is 0.225 e. The van der Waals surface area contributed by atoms with Crippen molar-refractivity contribution in [2.45, 2.75) is 26.3 Å². The molecule has 1 amide bonds. The van der Waals surface area contributed by atoms with E-state index in [1.807, 2.05) is 37.4 Å². The number of fused-ring (bicyclic) bond motifs is 1.